The third-order valence-electron chi connectivity index (χ3n) is 2.23. The van der Waals surface area contributed by atoms with Crippen LogP contribution in [0.4, 0.5) is 0 Å². The van der Waals surface area contributed by atoms with Gasteiger partial charge in [0.1, 0.15) is 11.1 Å². The average Bonchev–Trinajstić information content (AvgIpc) is 2.47. The third-order valence-corrected chi connectivity index (χ3v) is 3.03. The van der Waals surface area contributed by atoms with Crippen molar-refractivity contribution < 1.29 is 14.3 Å². The summed E-state index contributed by atoms with van der Waals surface area (Å²) >= 11 is 11.4. The number of ether oxygens (including phenoxy) is 1. The van der Waals surface area contributed by atoms with E-state index in [0.717, 1.165) is 0 Å². The van der Waals surface area contributed by atoms with Gasteiger partial charge in [-0.1, -0.05) is 30.1 Å². The quantitative estimate of drug-likeness (QED) is 0.714. The Labute approximate surface area is 97.8 Å². The summed E-state index contributed by atoms with van der Waals surface area (Å²) in [6, 6.07) is -0.618. The van der Waals surface area contributed by atoms with Gasteiger partial charge in [-0.25, -0.2) is 4.79 Å². The lowest BCUT2D eigenvalue weighted by molar-refractivity contribution is -0.150. The van der Waals surface area contributed by atoms with E-state index >= 15 is 0 Å². The van der Waals surface area contributed by atoms with Crippen LogP contribution in [0, 0.1) is 0 Å². The zero-order chi connectivity index (χ0) is 11.6. The molecule has 0 saturated heterocycles. The molecule has 0 aromatic heterocycles. The minimum absolute atomic E-state index is 0.0148. The summed E-state index contributed by atoms with van der Waals surface area (Å²) in [5.41, 5.74) is 0. The molecule has 15 heavy (non-hydrogen) atoms. The fourth-order valence-electron chi connectivity index (χ4n) is 1.43. The molecule has 1 aliphatic heterocycles. The monoisotopic (exact) mass is 251 g/mol. The van der Waals surface area contributed by atoms with Crippen molar-refractivity contribution in [3.63, 3.8) is 0 Å². The number of nitrogens with zero attached hydrogens (tertiary/aromatic N) is 1. The Morgan fingerprint density at radius 1 is 1.60 bits per heavy atom. The molecule has 1 aliphatic rings. The van der Waals surface area contributed by atoms with Crippen molar-refractivity contribution in [2.24, 2.45) is 0 Å². The molecular formula is C9H11Cl2NO3. The minimum Gasteiger partial charge on any atom is -0.467 e. The smallest absolute Gasteiger partial charge is 0.328 e. The highest BCUT2D eigenvalue weighted by atomic mass is 35.5. The second kappa shape index (κ2) is 4.86. The van der Waals surface area contributed by atoms with Crippen LogP contribution in [0.3, 0.4) is 0 Å². The van der Waals surface area contributed by atoms with Gasteiger partial charge in [0.15, 0.2) is 0 Å². The Morgan fingerprint density at radius 2 is 2.20 bits per heavy atom. The van der Waals surface area contributed by atoms with Gasteiger partial charge >= 0.3 is 5.97 Å². The third kappa shape index (κ3) is 2.26. The van der Waals surface area contributed by atoms with Crippen LogP contribution in [0.15, 0.2) is 10.1 Å². The van der Waals surface area contributed by atoms with E-state index < -0.39 is 17.9 Å². The van der Waals surface area contributed by atoms with Crippen molar-refractivity contribution in [2.45, 2.75) is 19.4 Å². The summed E-state index contributed by atoms with van der Waals surface area (Å²) in [6.07, 6.45) is 0.465. The molecule has 0 fully saturated rings. The Hall–Kier alpha value is -0.740. The van der Waals surface area contributed by atoms with Gasteiger partial charge in [-0.2, -0.15) is 0 Å². The minimum atomic E-state index is -0.618. The number of methoxy groups -OCH3 is 1. The highest BCUT2D eigenvalue weighted by molar-refractivity contribution is 6.49. The van der Waals surface area contributed by atoms with Crippen LogP contribution in [0.25, 0.3) is 0 Å². The largest absolute Gasteiger partial charge is 0.467 e. The van der Waals surface area contributed by atoms with Gasteiger partial charge < -0.3 is 9.64 Å². The number of carbonyl (C=O) groups is 2. The molecule has 4 nitrogen and oxygen atoms in total. The fourth-order valence-corrected chi connectivity index (χ4v) is 1.81. The molecule has 6 heteroatoms. The summed E-state index contributed by atoms with van der Waals surface area (Å²) in [4.78, 5) is 24.3. The summed E-state index contributed by atoms with van der Waals surface area (Å²) < 4.78 is 4.60. The molecule has 1 heterocycles. The van der Waals surface area contributed by atoms with E-state index in [1.807, 2.05) is 0 Å². The van der Waals surface area contributed by atoms with Gasteiger partial charge in [0.2, 0.25) is 0 Å². The maximum Gasteiger partial charge on any atom is 0.328 e. The maximum atomic E-state index is 11.6. The summed E-state index contributed by atoms with van der Waals surface area (Å²) in [6.45, 7) is 1.96. The molecular weight excluding hydrogens is 241 g/mol. The summed E-state index contributed by atoms with van der Waals surface area (Å²) in [7, 11) is 1.28. The summed E-state index contributed by atoms with van der Waals surface area (Å²) in [5.74, 6) is -0.874. The standard InChI is InChI=1S/C9H11Cl2NO3/c1-3-6(9(14)15-2)12-4-5(10)7(11)8(12)13/h6H,3-4H2,1-2H3/t6-/m0/s1. The lowest BCUT2D eigenvalue weighted by Gasteiger charge is -2.24. The number of esters is 1. The average molecular weight is 252 g/mol. The van der Waals surface area contributed by atoms with E-state index in [4.69, 9.17) is 23.2 Å². The number of carbonyl (C=O) groups excluding carboxylic acids is 2. The van der Waals surface area contributed by atoms with Crippen LogP contribution >= 0.6 is 23.2 Å². The predicted molar refractivity (Wildman–Crippen MR) is 56.5 cm³/mol. The van der Waals surface area contributed by atoms with Gasteiger partial charge in [-0.05, 0) is 6.42 Å². The predicted octanol–water partition coefficient (Wildman–Crippen LogP) is 1.47. The molecule has 1 atom stereocenters. The van der Waals surface area contributed by atoms with Crippen molar-refractivity contribution in [1.82, 2.24) is 4.90 Å². The van der Waals surface area contributed by atoms with Crippen molar-refractivity contribution in [2.75, 3.05) is 13.7 Å². The van der Waals surface area contributed by atoms with E-state index in [0.29, 0.717) is 6.42 Å². The topological polar surface area (TPSA) is 46.6 Å². The van der Waals surface area contributed by atoms with E-state index in [1.54, 1.807) is 6.92 Å². The second-order valence-electron chi connectivity index (χ2n) is 3.10. The first kappa shape index (κ1) is 12.3. The van der Waals surface area contributed by atoms with Crippen LogP contribution in [-0.2, 0) is 14.3 Å². The van der Waals surface area contributed by atoms with E-state index in [9.17, 15) is 9.59 Å². The lowest BCUT2D eigenvalue weighted by atomic mass is 10.2. The molecule has 0 unspecified atom stereocenters. The van der Waals surface area contributed by atoms with E-state index in [2.05, 4.69) is 4.74 Å². The van der Waals surface area contributed by atoms with Crippen LogP contribution in [0.5, 0.6) is 0 Å². The van der Waals surface area contributed by atoms with Gasteiger partial charge in [-0.15, -0.1) is 0 Å². The van der Waals surface area contributed by atoms with Crippen LogP contribution < -0.4 is 0 Å². The number of hydrogen-bond acceptors (Lipinski definition) is 3. The molecule has 1 rings (SSSR count). The first-order chi connectivity index (χ1) is 7.02. The van der Waals surface area contributed by atoms with E-state index in [-0.39, 0.29) is 16.6 Å². The molecule has 0 radical (unpaired) electrons. The first-order valence-corrected chi connectivity index (χ1v) is 5.21. The Bertz CT molecular complexity index is 327. The number of halogens is 2. The highest BCUT2D eigenvalue weighted by Gasteiger charge is 2.36. The first-order valence-electron chi connectivity index (χ1n) is 4.45. The van der Waals surface area contributed by atoms with Crippen molar-refractivity contribution in [1.29, 1.82) is 0 Å². The second-order valence-corrected chi connectivity index (χ2v) is 3.93. The molecule has 0 aromatic rings. The molecule has 0 N–H and O–H groups in total. The van der Waals surface area contributed by atoms with Gasteiger partial charge in [0.05, 0.1) is 18.7 Å². The highest BCUT2D eigenvalue weighted by Crippen LogP contribution is 2.27. The molecule has 0 aliphatic carbocycles. The van der Waals surface area contributed by atoms with Crippen molar-refractivity contribution >= 4 is 35.1 Å². The SMILES string of the molecule is CC[C@@H](C(=O)OC)N1CC(Cl)=C(Cl)C1=O. The van der Waals surface area contributed by atoms with Crippen molar-refractivity contribution in [3.8, 4) is 0 Å². The van der Waals surface area contributed by atoms with Crippen LogP contribution in [0.1, 0.15) is 13.3 Å². The maximum absolute atomic E-state index is 11.6. The lowest BCUT2D eigenvalue weighted by Crippen LogP contribution is -2.43. The zero-order valence-electron chi connectivity index (χ0n) is 8.42. The van der Waals surface area contributed by atoms with E-state index in [1.165, 1.54) is 12.0 Å². The van der Waals surface area contributed by atoms with Crippen LogP contribution in [0.2, 0.25) is 0 Å². The normalized spacial score (nSPS) is 18.4. The van der Waals surface area contributed by atoms with Crippen LogP contribution in [-0.4, -0.2) is 36.5 Å². The van der Waals surface area contributed by atoms with Gasteiger partial charge in [-0.3, -0.25) is 4.79 Å². The molecule has 84 valence electrons. The number of amides is 1. The van der Waals surface area contributed by atoms with Crippen molar-refractivity contribution in [3.05, 3.63) is 10.1 Å². The molecule has 0 spiro atoms. The Morgan fingerprint density at radius 3 is 2.53 bits per heavy atom. The molecule has 0 bridgehead atoms. The molecule has 1 amide bonds. The summed E-state index contributed by atoms with van der Waals surface area (Å²) in [5, 5.41) is 0.253. The number of rotatable bonds is 3. The fraction of sp³-hybridized carbons (Fsp3) is 0.556. The Balaban J connectivity index is 2.83. The molecule has 0 aromatic carbocycles. The zero-order valence-corrected chi connectivity index (χ0v) is 9.93. The number of hydrogen-bond donors (Lipinski definition) is 0. The van der Waals surface area contributed by atoms with Gasteiger partial charge in [0, 0.05) is 0 Å². The van der Waals surface area contributed by atoms with Gasteiger partial charge in [0.25, 0.3) is 5.91 Å². The molecule has 0 saturated carbocycles. The Kier molecular flexibility index (Phi) is 3.99.